The van der Waals surface area contributed by atoms with E-state index in [-0.39, 0.29) is 5.92 Å². The van der Waals surface area contributed by atoms with Gasteiger partial charge in [-0.05, 0) is 36.2 Å². The zero-order valence-corrected chi connectivity index (χ0v) is 12.9. The Hall–Kier alpha value is -2.18. The summed E-state index contributed by atoms with van der Waals surface area (Å²) < 4.78 is 0. The minimum atomic E-state index is -0.168. The van der Waals surface area contributed by atoms with Crippen molar-refractivity contribution in [3.05, 3.63) is 72.4 Å². The van der Waals surface area contributed by atoms with Gasteiger partial charge < -0.3 is 4.90 Å². The van der Waals surface area contributed by atoms with Crippen LogP contribution in [0.5, 0.6) is 0 Å². The maximum atomic E-state index is 9.09. The van der Waals surface area contributed by atoms with Gasteiger partial charge in [0, 0.05) is 23.3 Å². The van der Waals surface area contributed by atoms with Gasteiger partial charge in [0.15, 0.2) is 0 Å². The number of benzene rings is 2. The number of hydrogen-bond acceptors (Lipinski definition) is 3. The van der Waals surface area contributed by atoms with Crippen LogP contribution >= 0.6 is 12.6 Å². The second-order valence-electron chi connectivity index (χ2n) is 4.79. The lowest BCUT2D eigenvalue weighted by atomic mass is 10.0. The van der Waals surface area contributed by atoms with E-state index in [1.807, 2.05) is 41.3 Å². The Bertz CT molecular complexity index is 656. The molecule has 2 aromatic carbocycles. The summed E-state index contributed by atoms with van der Waals surface area (Å²) in [7, 11) is 0. The fourth-order valence-corrected chi connectivity index (χ4v) is 2.56. The van der Waals surface area contributed by atoms with Gasteiger partial charge in [0.1, 0.15) is 0 Å². The van der Waals surface area contributed by atoms with Crippen LogP contribution in [0, 0.1) is 18.3 Å². The van der Waals surface area contributed by atoms with E-state index in [4.69, 9.17) is 5.26 Å². The Kier molecular flexibility index (Phi) is 5.08. The number of para-hydroxylation sites is 1. The molecule has 0 aliphatic rings. The first-order valence-electron chi connectivity index (χ1n) is 6.79. The maximum absolute atomic E-state index is 9.09. The molecule has 0 aliphatic heterocycles. The van der Waals surface area contributed by atoms with Crippen LogP contribution < -0.4 is 4.90 Å². The summed E-state index contributed by atoms with van der Waals surface area (Å²) in [6.45, 7) is 5.98. The molecule has 0 saturated heterocycles. The standard InChI is InChI=1S/C18H18N2S/c1-3-20(18-7-5-4-6-14(18)2)17-10-8-15(9-11-17)16(12-19)13-21/h3-11,16,21H,1,13H2,2H3. The topological polar surface area (TPSA) is 27.0 Å². The summed E-state index contributed by atoms with van der Waals surface area (Å²) in [6, 6.07) is 18.4. The average Bonchev–Trinajstić information content (AvgIpc) is 2.52. The van der Waals surface area contributed by atoms with Crippen molar-refractivity contribution in [1.29, 1.82) is 5.26 Å². The van der Waals surface area contributed by atoms with Gasteiger partial charge in [-0.15, -0.1) is 0 Å². The summed E-state index contributed by atoms with van der Waals surface area (Å²) in [4.78, 5) is 2.04. The van der Waals surface area contributed by atoms with Gasteiger partial charge in [0.2, 0.25) is 0 Å². The van der Waals surface area contributed by atoms with Crippen LogP contribution in [0.1, 0.15) is 17.0 Å². The van der Waals surface area contributed by atoms with Crippen LogP contribution in [0.2, 0.25) is 0 Å². The molecule has 0 heterocycles. The molecule has 2 aromatic rings. The third kappa shape index (κ3) is 3.29. The third-order valence-electron chi connectivity index (χ3n) is 3.47. The molecule has 1 unspecified atom stereocenters. The SMILES string of the molecule is C=CN(c1ccc(C(C#N)CS)cc1)c1ccccc1C. The molecular formula is C18H18N2S. The van der Waals surface area contributed by atoms with E-state index in [2.05, 4.69) is 44.3 Å². The van der Waals surface area contributed by atoms with Gasteiger partial charge in [0.05, 0.1) is 12.0 Å². The van der Waals surface area contributed by atoms with Gasteiger partial charge in [-0.1, -0.05) is 36.9 Å². The first kappa shape index (κ1) is 15.2. The molecule has 106 valence electrons. The molecule has 2 nitrogen and oxygen atoms in total. The normalized spacial score (nSPS) is 11.5. The van der Waals surface area contributed by atoms with Gasteiger partial charge in [-0.3, -0.25) is 0 Å². The highest BCUT2D eigenvalue weighted by molar-refractivity contribution is 7.80. The number of nitrogens with zero attached hydrogens (tertiary/aromatic N) is 2. The van der Waals surface area contributed by atoms with Crippen LogP contribution in [0.25, 0.3) is 0 Å². The largest absolute Gasteiger partial charge is 0.318 e. The minimum Gasteiger partial charge on any atom is -0.318 e. The zero-order chi connectivity index (χ0) is 15.2. The average molecular weight is 294 g/mol. The van der Waals surface area contributed by atoms with Crippen molar-refractivity contribution < 1.29 is 0 Å². The van der Waals surface area contributed by atoms with Crippen molar-refractivity contribution >= 4 is 24.0 Å². The molecule has 0 spiro atoms. The van der Waals surface area contributed by atoms with Gasteiger partial charge in [0.25, 0.3) is 0 Å². The highest BCUT2D eigenvalue weighted by Crippen LogP contribution is 2.29. The number of anilines is 2. The van der Waals surface area contributed by atoms with Crippen molar-refractivity contribution in [2.24, 2.45) is 0 Å². The third-order valence-corrected chi connectivity index (χ3v) is 3.83. The fourth-order valence-electron chi connectivity index (χ4n) is 2.26. The molecule has 0 fully saturated rings. The number of nitriles is 1. The molecule has 0 aromatic heterocycles. The quantitative estimate of drug-likeness (QED) is 0.801. The summed E-state index contributed by atoms with van der Waals surface area (Å²) in [5.74, 6) is 0.358. The summed E-state index contributed by atoms with van der Waals surface area (Å²) in [6.07, 6.45) is 1.80. The monoisotopic (exact) mass is 294 g/mol. The fraction of sp³-hybridized carbons (Fsp3) is 0.167. The Balaban J connectivity index is 2.35. The molecule has 3 heteroatoms. The number of rotatable bonds is 5. The van der Waals surface area contributed by atoms with Crippen molar-refractivity contribution in [3.8, 4) is 6.07 Å². The molecule has 21 heavy (non-hydrogen) atoms. The molecule has 0 N–H and O–H groups in total. The predicted octanol–water partition coefficient (Wildman–Crippen LogP) is 4.81. The Morgan fingerprint density at radius 3 is 2.43 bits per heavy atom. The number of thiol groups is 1. The predicted molar refractivity (Wildman–Crippen MR) is 92.2 cm³/mol. The Morgan fingerprint density at radius 1 is 1.24 bits per heavy atom. The molecule has 0 radical (unpaired) electrons. The van der Waals surface area contributed by atoms with E-state index < -0.39 is 0 Å². The van der Waals surface area contributed by atoms with E-state index in [0.29, 0.717) is 5.75 Å². The lowest BCUT2D eigenvalue weighted by molar-refractivity contribution is 1.00. The van der Waals surface area contributed by atoms with Crippen molar-refractivity contribution in [2.75, 3.05) is 10.7 Å². The van der Waals surface area contributed by atoms with Crippen LogP contribution in [0.15, 0.2) is 61.3 Å². The lowest BCUT2D eigenvalue weighted by Gasteiger charge is -2.22. The molecule has 0 saturated carbocycles. The van der Waals surface area contributed by atoms with Crippen molar-refractivity contribution in [1.82, 2.24) is 0 Å². The molecular weight excluding hydrogens is 276 g/mol. The van der Waals surface area contributed by atoms with Gasteiger partial charge in [-0.2, -0.15) is 17.9 Å². The Labute approximate surface area is 131 Å². The molecule has 0 amide bonds. The molecule has 1 atom stereocenters. The Morgan fingerprint density at radius 2 is 1.90 bits per heavy atom. The first-order chi connectivity index (χ1) is 10.2. The molecule has 0 aliphatic carbocycles. The van der Waals surface area contributed by atoms with Crippen LogP contribution in [0.4, 0.5) is 11.4 Å². The highest BCUT2D eigenvalue weighted by atomic mass is 32.1. The summed E-state index contributed by atoms with van der Waals surface area (Å²) in [5, 5.41) is 9.09. The summed E-state index contributed by atoms with van der Waals surface area (Å²) >= 11 is 4.21. The van der Waals surface area contributed by atoms with Gasteiger partial charge >= 0.3 is 0 Å². The maximum Gasteiger partial charge on any atom is 0.0800 e. The van der Waals surface area contributed by atoms with Gasteiger partial charge in [-0.25, -0.2) is 0 Å². The summed E-state index contributed by atoms with van der Waals surface area (Å²) in [5.41, 5.74) is 4.31. The number of hydrogen-bond donors (Lipinski definition) is 1. The number of aryl methyl sites for hydroxylation is 1. The highest BCUT2D eigenvalue weighted by Gasteiger charge is 2.11. The first-order valence-corrected chi connectivity index (χ1v) is 7.42. The lowest BCUT2D eigenvalue weighted by Crippen LogP contribution is -2.09. The molecule has 2 rings (SSSR count). The second-order valence-corrected chi connectivity index (χ2v) is 5.16. The zero-order valence-electron chi connectivity index (χ0n) is 12.0. The minimum absolute atomic E-state index is 0.168. The smallest absolute Gasteiger partial charge is 0.0800 e. The molecule has 0 bridgehead atoms. The van der Waals surface area contributed by atoms with Crippen LogP contribution in [-0.4, -0.2) is 5.75 Å². The second kappa shape index (κ2) is 7.01. The van der Waals surface area contributed by atoms with E-state index >= 15 is 0 Å². The van der Waals surface area contributed by atoms with Crippen molar-refractivity contribution in [2.45, 2.75) is 12.8 Å². The van der Waals surface area contributed by atoms with Crippen molar-refractivity contribution in [3.63, 3.8) is 0 Å². The van der Waals surface area contributed by atoms with E-state index in [1.165, 1.54) is 5.56 Å². The van der Waals surface area contributed by atoms with E-state index in [1.54, 1.807) is 6.20 Å². The van der Waals surface area contributed by atoms with E-state index in [0.717, 1.165) is 16.9 Å². The van der Waals surface area contributed by atoms with Crippen LogP contribution in [-0.2, 0) is 0 Å². The van der Waals surface area contributed by atoms with Crippen LogP contribution in [0.3, 0.4) is 0 Å². The van der Waals surface area contributed by atoms with E-state index in [9.17, 15) is 0 Å².